The fraction of sp³-hybridized carbons (Fsp3) is 0.364. The zero-order chi connectivity index (χ0) is 22.3. The first-order valence-electron chi connectivity index (χ1n) is 9.63. The fourth-order valence-corrected chi connectivity index (χ4v) is 3.24. The van der Waals surface area contributed by atoms with Gasteiger partial charge in [-0.2, -0.15) is 0 Å². The van der Waals surface area contributed by atoms with Gasteiger partial charge in [-0.15, -0.1) is 0 Å². The van der Waals surface area contributed by atoms with Gasteiger partial charge in [0.25, 0.3) is 5.91 Å². The van der Waals surface area contributed by atoms with Crippen molar-refractivity contribution >= 4 is 46.6 Å². The van der Waals surface area contributed by atoms with Crippen LogP contribution in [0.1, 0.15) is 32.8 Å². The summed E-state index contributed by atoms with van der Waals surface area (Å²) in [7, 11) is 0. The molecule has 0 heterocycles. The zero-order valence-corrected chi connectivity index (χ0v) is 19.4. The third kappa shape index (κ3) is 7.08. The monoisotopic (exact) mass is 470 g/mol. The van der Waals surface area contributed by atoms with Crippen LogP contribution in [0.15, 0.2) is 42.5 Å². The number of carbonyl (C=O) groups is 2. The van der Waals surface area contributed by atoms with Crippen molar-refractivity contribution in [3.63, 3.8) is 0 Å². The van der Waals surface area contributed by atoms with E-state index in [2.05, 4.69) is 5.32 Å². The van der Waals surface area contributed by atoms with Crippen LogP contribution < -0.4 is 10.1 Å². The standard InChI is InChI=1S/C22H25Cl3N2O3/c1-4-14(2)26-22(29)15(3)27(12-16-5-7-17(23)8-6-16)21(28)13-30-20-10-9-18(24)11-19(20)25/h5-11,14-15H,4,12-13H2,1-3H3,(H,26,29)/t14-,15-/m0/s1. The number of ether oxygens (including phenoxy) is 1. The van der Waals surface area contributed by atoms with E-state index in [1.54, 1.807) is 31.2 Å². The average molecular weight is 472 g/mol. The van der Waals surface area contributed by atoms with Gasteiger partial charge in [0.1, 0.15) is 11.8 Å². The van der Waals surface area contributed by atoms with E-state index >= 15 is 0 Å². The highest BCUT2D eigenvalue weighted by Gasteiger charge is 2.27. The Morgan fingerprint density at radius 2 is 1.67 bits per heavy atom. The third-order valence-electron chi connectivity index (χ3n) is 4.68. The van der Waals surface area contributed by atoms with E-state index < -0.39 is 6.04 Å². The Balaban J connectivity index is 2.16. The molecule has 2 amide bonds. The molecule has 162 valence electrons. The number of nitrogens with zero attached hydrogens (tertiary/aromatic N) is 1. The third-order valence-corrected chi connectivity index (χ3v) is 5.46. The Morgan fingerprint density at radius 1 is 1.03 bits per heavy atom. The van der Waals surface area contributed by atoms with E-state index in [0.717, 1.165) is 12.0 Å². The van der Waals surface area contributed by atoms with E-state index in [1.807, 2.05) is 26.0 Å². The van der Waals surface area contributed by atoms with Crippen molar-refractivity contribution < 1.29 is 14.3 Å². The van der Waals surface area contributed by atoms with Gasteiger partial charge in [0.2, 0.25) is 5.91 Å². The first kappa shape index (κ1) is 24.3. The molecule has 0 aliphatic rings. The number of halogens is 3. The van der Waals surface area contributed by atoms with Crippen molar-refractivity contribution in [3.05, 3.63) is 63.1 Å². The first-order valence-corrected chi connectivity index (χ1v) is 10.8. The highest BCUT2D eigenvalue weighted by molar-refractivity contribution is 6.35. The number of carbonyl (C=O) groups excluding carboxylic acids is 2. The van der Waals surface area contributed by atoms with Crippen molar-refractivity contribution in [2.45, 2.75) is 45.8 Å². The molecule has 0 fully saturated rings. The lowest BCUT2D eigenvalue weighted by Crippen LogP contribution is -2.50. The molecule has 2 aromatic carbocycles. The molecule has 0 saturated carbocycles. The highest BCUT2D eigenvalue weighted by atomic mass is 35.5. The van der Waals surface area contributed by atoms with Gasteiger partial charge in [-0.3, -0.25) is 9.59 Å². The van der Waals surface area contributed by atoms with Crippen molar-refractivity contribution in [1.82, 2.24) is 10.2 Å². The second-order valence-electron chi connectivity index (χ2n) is 7.01. The van der Waals surface area contributed by atoms with E-state index in [4.69, 9.17) is 39.5 Å². The Bertz CT molecular complexity index is 874. The minimum atomic E-state index is -0.688. The maximum Gasteiger partial charge on any atom is 0.261 e. The summed E-state index contributed by atoms with van der Waals surface area (Å²) in [6, 6.07) is 11.2. The van der Waals surface area contributed by atoms with Crippen LogP contribution in [-0.2, 0) is 16.1 Å². The van der Waals surface area contributed by atoms with Crippen LogP contribution >= 0.6 is 34.8 Å². The van der Waals surface area contributed by atoms with Crippen molar-refractivity contribution in [2.24, 2.45) is 0 Å². The highest BCUT2D eigenvalue weighted by Crippen LogP contribution is 2.27. The predicted octanol–water partition coefficient (Wildman–Crippen LogP) is 5.36. The molecule has 0 bridgehead atoms. The lowest BCUT2D eigenvalue weighted by molar-refractivity contribution is -0.142. The molecule has 0 aromatic heterocycles. The number of rotatable bonds is 9. The fourth-order valence-electron chi connectivity index (χ4n) is 2.65. The Labute approximate surface area is 192 Å². The number of benzene rings is 2. The molecular weight excluding hydrogens is 447 g/mol. The molecule has 5 nitrogen and oxygen atoms in total. The molecule has 0 aliphatic heterocycles. The van der Waals surface area contributed by atoms with E-state index in [0.29, 0.717) is 20.8 Å². The van der Waals surface area contributed by atoms with Crippen molar-refractivity contribution in [1.29, 1.82) is 0 Å². The predicted molar refractivity (Wildman–Crippen MR) is 121 cm³/mol. The molecule has 0 saturated heterocycles. The van der Waals surface area contributed by atoms with Crippen molar-refractivity contribution in [3.8, 4) is 5.75 Å². The Morgan fingerprint density at radius 3 is 2.27 bits per heavy atom. The lowest BCUT2D eigenvalue weighted by atomic mass is 10.1. The maximum absolute atomic E-state index is 13.0. The van der Waals surface area contributed by atoms with Crippen LogP contribution in [0.3, 0.4) is 0 Å². The summed E-state index contributed by atoms with van der Waals surface area (Å²) in [6.07, 6.45) is 0.793. The number of hydrogen-bond acceptors (Lipinski definition) is 3. The van der Waals surface area contributed by atoms with Crippen LogP contribution in [-0.4, -0.2) is 35.4 Å². The Hall–Kier alpha value is -1.95. The van der Waals surface area contributed by atoms with Gasteiger partial charge in [0.15, 0.2) is 6.61 Å². The lowest BCUT2D eigenvalue weighted by Gasteiger charge is -2.29. The van der Waals surface area contributed by atoms with Gasteiger partial charge in [-0.05, 0) is 56.2 Å². The van der Waals surface area contributed by atoms with Crippen LogP contribution in [0.5, 0.6) is 5.75 Å². The second kappa shape index (κ2) is 11.4. The van der Waals surface area contributed by atoms with Gasteiger partial charge >= 0.3 is 0 Å². The van der Waals surface area contributed by atoms with E-state index in [-0.39, 0.29) is 31.0 Å². The molecule has 2 rings (SSSR count). The van der Waals surface area contributed by atoms with Crippen molar-refractivity contribution in [2.75, 3.05) is 6.61 Å². The van der Waals surface area contributed by atoms with Crippen LogP contribution in [0.4, 0.5) is 0 Å². The quantitative estimate of drug-likeness (QED) is 0.536. The minimum Gasteiger partial charge on any atom is -0.482 e. The smallest absolute Gasteiger partial charge is 0.261 e. The summed E-state index contributed by atoms with van der Waals surface area (Å²) < 4.78 is 5.59. The van der Waals surface area contributed by atoms with E-state index in [9.17, 15) is 9.59 Å². The van der Waals surface area contributed by atoms with Gasteiger partial charge in [-0.1, -0.05) is 53.9 Å². The number of hydrogen-bond donors (Lipinski definition) is 1. The molecular formula is C22H25Cl3N2O3. The largest absolute Gasteiger partial charge is 0.482 e. The summed E-state index contributed by atoms with van der Waals surface area (Å²) in [6.45, 7) is 5.57. The van der Waals surface area contributed by atoms with Crippen LogP contribution in [0, 0.1) is 0 Å². The summed E-state index contributed by atoms with van der Waals surface area (Å²) in [5.41, 5.74) is 0.848. The summed E-state index contributed by atoms with van der Waals surface area (Å²) in [5.74, 6) is -0.225. The molecule has 0 spiro atoms. The number of nitrogens with one attached hydrogen (secondary N) is 1. The molecule has 2 atom stereocenters. The zero-order valence-electron chi connectivity index (χ0n) is 17.1. The van der Waals surface area contributed by atoms with Gasteiger partial charge in [0, 0.05) is 22.6 Å². The average Bonchev–Trinajstić information content (AvgIpc) is 2.71. The molecule has 30 heavy (non-hydrogen) atoms. The van der Waals surface area contributed by atoms with Crippen LogP contribution in [0.25, 0.3) is 0 Å². The van der Waals surface area contributed by atoms with E-state index in [1.165, 1.54) is 11.0 Å². The summed E-state index contributed by atoms with van der Waals surface area (Å²) in [4.78, 5) is 27.1. The maximum atomic E-state index is 13.0. The van der Waals surface area contributed by atoms with Gasteiger partial charge in [0.05, 0.1) is 5.02 Å². The summed E-state index contributed by atoms with van der Waals surface area (Å²) in [5, 5.41) is 4.29. The van der Waals surface area contributed by atoms with Crippen LogP contribution in [0.2, 0.25) is 15.1 Å². The minimum absolute atomic E-state index is 0.0107. The first-order chi connectivity index (χ1) is 14.2. The SMILES string of the molecule is CC[C@H](C)NC(=O)[C@H](C)N(Cc1ccc(Cl)cc1)C(=O)COc1ccc(Cl)cc1Cl. The molecule has 2 aromatic rings. The molecule has 1 N–H and O–H groups in total. The molecule has 0 radical (unpaired) electrons. The molecule has 8 heteroatoms. The Kier molecular flexibility index (Phi) is 9.28. The summed E-state index contributed by atoms with van der Waals surface area (Å²) >= 11 is 18.0. The second-order valence-corrected chi connectivity index (χ2v) is 8.29. The topological polar surface area (TPSA) is 58.6 Å². The normalized spacial score (nSPS) is 12.7. The molecule has 0 aliphatic carbocycles. The number of amides is 2. The molecule has 0 unspecified atom stereocenters. The van der Waals surface area contributed by atoms with Gasteiger partial charge in [-0.25, -0.2) is 0 Å². The van der Waals surface area contributed by atoms with Gasteiger partial charge < -0.3 is 15.0 Å².